The van der Waals surface area contributed by atoms with E-state index >= 15 is 0 Å². The number of para-hydroxylation sites is 1. The zero-order chi connectivity index (χ0) is 14.8. The Kier molecular flexibility index (Phi) is 3.68. The number of hydrogen-bond acceptors (Lipinski definition) is 3. The molecule has 0 saturated carbocycles. The molecule has 1 atom stereocenters. The lowest BCUT2D eigenvalue weighted by Crippen LogP contribution is -2.48. The van der Waals surface area contributed by atoms with Gasteiger partial charge in [-0.3, -0.25) is 0 Å². The van der Waals surface area contributed by atoms with Gasteiger partial charge >= 0.3 is 12.0 Å². The Morgan fingerprint density at radius 3 is 2.86 bits per heavy atom. The second-order valence-corrected chi connectivity index (χ2v) is 5.35. The predicted molar refractivity (Wildman–Crippen MR) is 75.1 cm³/mol. The van der Waals surface area contributed by atoms with Crippen molar-refractivity contribution in [3.63, 3.8) is 0 Å². The number of urea groups is 1. The van der Waals surface area contributed by atoms with Crippen LogP contribution >= 0.6 is 0 Å². The number of carboxylic acid groups (broad SMARTS) is 1. The molecule has 0 bridgehead atoms. The molecule has 0 spiro atoms. The fraction of sp³-hybridized carbons (Fsp3) is 0.467. The minimum atomic E-state index is -0.924. The summed E-state index contributed by atoms with van der Waals surface area (Å²) in [7, 11) is 0. The Morgan fingerprint density at radius 1 is 1.24 bits per heavy atom. The van der Waals surface area contributed by atoms with Gasteiger partial charge in [0.05, 0.1) is 13.1 Å². The molecule has 6 heteroatoms. The van der Waals surface area contributed by atoms with Gasteiger partial charge in [0.2, 0.25) is 0 Å². The van der Waals surface area contributed by atoms with Crippen LogP contribution in [0.2, 0.25) is 0 Å². The summed E-state index contributed by atoms with van der Waals surface area (Å²) in [6, 6.07) is 6.72. The third-order valence-corrected chi connectivity index (χ3v) is 4.01. The number of likely N-dealkylation sites (tertiary alicyclic amines) is 1. The molecule has 6 nitrogen and oxygen atoms in total. The van der Waals surface area contributed by atoms with E-state index in [-0.39, 0.29) is 6.03 Å². The largest absolute Gasteiger partial charge is 0.491 e. The van der Waals surface area contributed by atoms with E-state index in [1.165, 1.54) is 4.90 Å². The van der Waals surface area contributed by atoms with Crippen molar-refractivity contribution in [2.75, 3.05) is 19.7 Å². The first-order chi connectivity index (χ1) is 10.2. The van der Waals surface area contributed by atoms with E-state index in [0.29, 0.717) is 32.7 Å². The Labute approximate surface area is 122 Å². The number of ether oxygens (including phenoxy) is 1. The van der Waals surface area contributed by atoms with E-state index in [4.69, 9.17) is 4.74 Å². The maximum atomic E-state index is 12.6. The maximum absolute atomic E-state index is 12.6. The molecule has 1 fully saturated rings. The van der Waals surface area contributed by atoms with Crippen LogP contribution in [0.1, 0.15) is 18.4 Å². The molecular formula is C15H18N2O4. The van der Waals surface area contributed by atoms with E-state index in [0.717, 1.165) is 17.7 Å². The molecule has 1 aromatic rings. The fourth-order valence-corrected chi connectivity index (χ4v) is 2.92. The molecule has 0 aliphatic carbocycles. The Hall–Kier alpha value is -2.24. The second kappa shape index (κ2) is 5.63. The van der Waals surface area contributed by atoms with Gasteiger partial charge in [0, 0.05) is 12.1 Å². The zero-order valence-corrected chi connectivity index (χ0v) is 11.7. The van der Waals surface area contributed by atoms with Crippen LogP contribution in [0.3, 0.4) is 0 Å². The second-order valence-electron chi connectivity index (χ2n) is 5.35. The van der Waals surface area contributed by atoms with Gasteiger partial charge in [0.15, 0.2) is 0 Å². The van der Waals surface area contributed by atoms with Crippen LogP contribution in [-0.4, -0.2) is 52.6 Å². The van der Waals surface area contributed by atoms with Crippen molar-refractivity contribution in [1.82, 2.24) is 9.80 Å². The van der Waals surface area contributed by atoms with Gasteiger partial charge in [-0.2, -0.15) is 0 Å². The minimum absolute atomic E-state index is 0.208. The molecule has 112 valence electrons. The fourth-order valence-electron chi connectivity index (χ4n) is 2.92. The number of carboxylic acids is 1. The van der Waals surface area contributed by atoms with Crippen molar-refractivity contribution >= 4 is 12.0 Å². The molecule has 2 heterocycles. The van der Waals surface area contributed by atoms with Crippen molar-refractivity contribution < 1.29 is 19.4 Å². The van der Waals surface area contributed by atoms with Gasteiger partial charge in [-0.15, -0.1) is 0 Å². The number of fused-ring (bicyclic) bond motifs is 1. The summed E-state index contributed by atoms with van der Waals surface area (Å²) in [5.74, 6) is -0.128. The Bertz CT molecular complexity index is 560. The van der Waals surface area contributed by atoms with Crippen molar-refractivity contribution in [1.29, 1.82) is 0 Å². The quantitative estimate of drug-likeness (QED) is 0.852. The van der Waals surface area contributed by atoms with E-state index in [2.05, 4.69) is 0 Å². The highest BCUT2D eigenvalue weighted by molar-refractivity contribution is 5.83. The highest BCUT2D eigenvalue weighted by Gasteiger charge is 2.36. The van der Waals surface area contributed by atoms with Gasteiger partial charge < -0.3 is 19.6 Å². The molecule has 1 N–H and O–H groups in total. The Morgan fingerprint density at radius 2 is 2.05 bits per heavy atom. The molecule has 0 radical (unpaired) electrons. The molecule has 0 unspecified atom stereocenters. The van der Waals surface area contributed by atoms with Gasteiger partial charge in [-0.05, 0) is 18.9 Å². The number of hydrogen-bond donors (Lipinski definition) is 1. The first kappa shape index (κ1) is 13.7. The van der Waals surface area contributed by atoms with Crippen molar-refractivity contribution in [2.24, 2.45) is 0 Å². The molecule has 1 saturated heterocycles. The van der Waals surface area contributed by atoms with Gasteiger partial charge in [-0.1, -0.05) is 18.2 Å². The smallest absolute Gasteiger partial charge is 0.326 e. The molecule has 2 amide bonds. The SMILES string of the molecule is O=C(O)[C@@H]1CCCN1C(=O)N1CCOc2ccccc2C1. The third kappa shape index (κ3) is 2.66. The van der Waals surface area contributed by atoms with Gasteiger partial charge in [-0.25, -0.2) is 9.59 Å². The van der Waals surface area contributed by atoms with Gasteiger partial charge in [0.25, 0.3) is 0 Å². The first-order valence-electron chi connectivity index (χ1n) is 7.16. The maximum Gasteiger partial charge on any atom is 0.326 e. The predicted octanol–water partition coefficient (Wildman–Crippen LogP) is 1.55. The van der Waals surface area contributed by atoms with Crippen LogP contribution in [0.25, 0.3) is 0 Å². The number of benzene rings is 1. The number of carbonyl (C=O) groups excluding carboxylic acids is 1. The molecule has 0 aromatic heterocycles. The van der Waals surface area contributed by atoms with Crippen molar-refractivity contribution in [2.45, 2.75) is 25.4 Å². The number of rotatable bonds is 1. The van der Waals surface area contributed by atoms with E-state index in [1.54, 1.807) is 4.90 Å². The monoisotopic (exact) mass is 290 g/mol. The summed E-state index contributed by atoms with van der Waals surface area (Å²) < 4.78 is 5.64. The lowest BCUT2D eigenvalue weighted by molar-refractivity contribution is -0.141. The number of amides is 2. The summed E-state index contributed by atoms with van der Waals surface area (Å²) in [6.07, 6.45) is 1.27. The van der Waals surface area contributed by atoms with Crippen LogP contribution in [0.4, 0.5) is 4.79 Å². The minimum Gasteiger partial charge on any atom is -0.491 e. The van der Waals surface area contributed by atoms with Crippen LogP contribution < -0.4 is 4.74 Å². The highest BCUT2D eigenvalue weighted by atomic mass is 16.5. The molecule has 3 rings (SSSR count). The number of nitrogens with zero attached hydrogens (tertiary/aromatic N) is 2. The molecule has 21 heavy (non-hydrogen) atoms. The van der Waals surface area contributed by atoms with Crippen LogP contribution in [0.15, 0.2) is 24.3 Å². The summed E-state index contributed by atoms with van der Waals surface area (Å²) in [5, 5.41) is 9.21. The summed E-state index contributed by atoms with van der Waals surface area (Å²) >= 11 is 0. The van der Waals surface area contributed by atoms with Crippen LogP contribution in [0.5, 0.6) is 5.75 Å². The van der Waals surface area contributed by atoms with E-state index in [1.807, 2.05) is 24.3 Å². The Balaban J connectivity index is 1.77. The number of aliphatic carboxylic acids is 1. The molecular weight excluding hydrogens is 272 g/mol. The third-order valence-electron chi connectivity index (χ3n) is 4.01. The zero-order valence-electron chi connectivity index (χ0n) is 11.7. The average Bonchev–Trinajstić information content (AvgIpc) is 2.87. The van der Waals surface area contributed by atoms with Crippen LogP contribution in [0, 0.1) is 0 Å². The van der Waals surface area contributed by atoms with E-state index < -0.39 is 12.0 Å². The molecule has 1 aromatic carbocycles. The van der Waals surface area contributed by atoms with Crippen molar-refractivity contribution in [3.8, 4) is 5.75 Å². The molecule has 2 aliphatic heterocycles. The average molecular weight is 290 g/mol. The van der Waals surface area contributed by atoms with Crippen LogP contribution in [-0.2, 0) is 11.3 Å². The summed E-state index contributed by atoms with van der Waals surface area (Å²) in [4.78, 5) is 27.0. The summed E-state index contributed by atoms with van der Waals surface area (Å²) in [6.45, 7) is 1.86. The normalized spacial score (nSPS) is 21.4. The first-order valence-corrected chi connectivity index (χ1v) is 7.16. The lowest BCUT2D eigenvalue weighted by Gasteiger charge is -2.29. The molecule has 2 aliphatic rings. The van der Waals surface area contributed by atoms with E-state index in [9.17, 15) is 14.7 Å². The summed E-state index contributed by atoms with van der Waals surface area (Å²) in [5.41, 5.74) is 0.953. The lowest BCUT2D eigenvalue weighted by atomic mass is 10.2. The van der Waals surface area contributed by atoms with Crippen molar-refractivity contribution in [3.05, 3.63) is 29.8 Å². The van der Waals surface area contributed by atoms with Gasteiger partial charge in [0.1, 0.15) is 18.4 Å². The number of carbonyl (C=O) groups is 2. The standard InChI is InChI=1S/C15H18N2O4/c18-14(19)12-5-3-7-17(12)15(20)16-8-9-21-13-6-2-1-4-11(13)10-16/h1-2,4,6,12H,3,5,7-10H2,(H,18,19)/t12-/m0/s1. The highest BCUT2D eigenvalue weighted by Crippen LogP contribution is 2.25. The topological polar surface area (TPSA) is 70.1 Å².